The zero-order chi connectivity index (χ0) is 15.2. The Balaban J connectivity index is 2.57. The van der Waals surface area contributed by atoms with Gasteiger partial charge in [0.1, 0.15) is 11.6 Å². The Morgan fingerprint density at radius 2 is 1.65 bits per heavy atom. The molecule has 1 aliphatic heterocycles. The highest BCUT2D eigenvalue weighted by Crippen LogP contribution is 2.37. The van der Waals surface area contributed by atoms with E-state index in [0.717, 1.165) is 0 Å². The van der Waals surface area contributed by atoms with Crippen molar-refractivity contribution in [2.45, 2.75) is 32.4 Å². The second kappa shape index (κ2) is 5.10. The quantitative estimate of drug-likeness (QED) is 0.801. The van der Waals surface area contributed by atoms with Crippen molar-refractivity contribution in [1.29, 1.82) is 0 Å². The zero-order valence-corrected chi connectivity index (χ0v) is 13.4. The van der Waals surface area contributed by atoms with E-state index in [1.54, 1.807) is 20.8 Å². The van der Waals surface area contributed by atoms with Crippen molar-refractivity contribution in [1.82, 2.24) is 5.32 Å². The summed E-state index contributed by atoms with van der Waals surface area (Å²) in [6.07, 6.45) is 0. The first kappa shape index (κ1) is 15.4. The predicted octanol–water partition coefficient (Wildman–Crippen LogP) is 3.28. The van der Waals surface area contributed by atoms with Crippen LogP contribution in [0.4, 0.5) is 5.69 Å². The van der Waals surface area contributed by atoms with Gasteiger partial charge in [0.05, 0.1) is 20.8 Å². The average Bonchev–Trinajstić information content (AvgIpc) is 2.33. The molecular weight excluding hydrogens is 323 g/mol. The van der Waals surface area contributed by atoms with E-state index in [1.165, 1.54) is 17.0 Å². The fraction of sp³-hybridized carbons (Fsp3) is 0.385. The van der Waals surface area contributed by atoms with Crippen molar-refractivity contribution in [2.24, 2.45) is 0 Å². The Labute approximate surface area is 132 Å². The number of nitrogens with one attached hydrogen (secondary N) is 1. The van der Waals surface area contributed by atoms with Gasteiger partial charge in [-0.15, -0.1) is 0 Å². The molecule has 0 aromatic heterocycles. The summed E-state index contributed by atoms with van der Waals surface area (Å²) in [5, 5.41) is 3.50. The maximum absolute atomic E-state index is 12.5. The van der Waals surface area contributed by atoms with Crippen LogP contribution in [-0.2, 0) is 9.59 Å². The smallest absolute Gasteiger partial charge is 0.252 e. The normalized spacial score (nSPS) is 21.9. The van der Waals surface area contributed by atoms with Crippen LogP contribution in [-0.4, -0.2) is 23.4 Å². The molecule has 20 heavy (non-hydrogen) atoms. The van der Waals surface area contributed by atoms with E-state index in [-0.39, 0.29) is 21.9 Å². The number of amides is 2. The van der Waals surface area contributed by atoms with Crippen molar-refractivity contribution in [3.05, 3.63) is 27.2 Å². The summed E-state index contributed by atoms with van der Waals surface area (Å²) in [7, 11) is 0. The van der Waals surface area contributed by atoms with Crippen molar-refractivity contribution >= 4 is 52.3 Å². The molecule has 1 fully saturated rings. The molecule has 2 rings (SSSR count). The second-order valence-electron chi connectivity index (χ2n) is 5.18. The lowest BCUT2D eigenvalue weighted by molar-refractivity contribution is -0.136. The van der Waals surface area contributed by atoms with Gasteiger partial charge in [-0.3, -0.25) is 14.5 Å². The number of halogens is 3. The van der Waals surface area contributed by atoms with Crippen LogP contribution in [0.1, 0.15) is 20.8 Å². The number of carbonyl (C=O) groups excluding carboxylic acids is 2. The Kier molecular flexibility index (Phi) is 3.93. The van der Waals surface area contributed by atoms with Crippen LogP contribution < -0.4 is 10.2 Å². The fourth-order valence-electron chi connectivity index (χ4n) is 2.07. The molecule has 108 valence electrons. The van der Waals surface area contributed by atoms with Gasteiger partial charge in [0.25, 0.3) is 5.91 Å². The van der Waals surface area contributed by atoms with E-state index < -0.39 is 11.6 Å². The Morgan fingerprint density at radius 3 is 2.25 bits per heavy atom. The van der Waals surface area contributed by atoms with Gasteiger partial charge in [0.15, 0.2) is 0 Å². The minimum atomic E-state index is -1.00. The molecule has 0 aliphatic carbocycles. The molecule has 1 aromatic rings. The first-order chi connectivity index (χ1) is 9.15. The summed E-state index contributed by atoms with van der Waals surface area (Å²) in [6.45, 7) is 4.90. The van der Waals surface area contributed by atoms with Crippen LogP contribution in [0, 0.1) is 0 Å². The van der Waals surface area contributed by atoms with Crippen molar-refractivity contribution in [3.63, 3.8) is 0 Å². The zero-order valence-electron chi connectivity index (χ0n) is 11.1. The molecule has 4 nitrogen and oxygen atoms in total. The lowest BCUT2D eigenvalue weighted by Gasteiger charge is -2.41. The van der Waals surface area contributed by atoms with E-state index in [2.05, 4.69) is 5.32 Å². The number of nitrogens with zero attached hydrogens (tertiary/aromatic N) is 1. The number of rotatable bonds is 1. The van der Waals surface area contributed by atoms with Gasteiger partial charge in [-0.05, 0) is 32.9 Å². The molecule has 1 unspecified atom stereocenters. The third kappa shape index (κ3) is 2.48. The summed E-state index contributed by atoms with van der Waals surface area (Å²) >= 11 is 18.0. The average molecular weight is 336 g/mol. The van der Waals surface area contributed by atoms with Gasteiger partial charge < -0.3 is 5.32 Å². The van der Waals surface area contributed by atoms with Gasteiger partial charge in [0.2, 0.25) is 5.91 Å². The molecule has 0 spiro atoms. The SMILES string of the molecule is CC1C(=O)NC(C)(C)C(=O)N1c1cc(Cl)c(Cl)cc1Cl. The number of benzene rings is 1. The van der Waals surface area contributed by atoms with E-state index in [0.29, 0.717) is 10.7 Å². The summed E-state index contributed by atoms with van der Waals surface area (Å²) < 4.78 is 0. The van der Waals surface area contributed by atoms with E-state index in [9.17, 15) is 9.59 Å². The molecule has 1 N–H and O–H groups in total. The first-order valence-corrected chi connectivity index (χ1v) is 7.09. The maximum Gasteiger partial charge on any atom is 0.252 e. The van der Waals surface area contributed by atoms with Gasteiger partial charge >= 0.3 is 0 Å². The highest BCUT2D eigenvalue weighted by Gasteiger charge is 2.44. The number of anilines is 1. The maximum atomic E-state index is 12.5. The highest BCUT2D eigenvalue weighted by molar-refractivity contribution is 6.44. The van der Waals surface area contributed by atoms with Crippen LogP contribution >= 0.6 is 34.8 Å². The van der Waals surface area contributed by atoms with E-state index in [1.807, 2.05) is 0 Å². The molecule has 1 aliphatic rings. The summed E-state index contributed by atoms with van der Waals surface area (Å²) in [5.74, 6) is -0.512. The monoisotopic (exact) mass is 334 g/mol. The Hall–Kier alpha value is -0.970. The second-order valence-corrected chi connectivity index (χ2v) is 6.40. The van der Waals surface area contributed by atoms with Gasteiger partial charge in [0, 0.05) is 0 Å². The molecule has 2 amide bonds. The minimum Gasteiger partial charge on any atom is -0.340 e. The van der Waals surface area contributed by atoms with Crippen LogP contribution in [0.5, 0.6) is 0 Å². The molecule has 0 saturated carbocycles. The fourth-order valence-corrected chi connectivity index (χ4v) is 2.71. The highest BCUT2D eigenvalue weighted by atomic mass is 35.5. The van der Waals surface area contributed by atoms with Crippen LogP contribution in [0.2, 0.25) is 15.1 Å². The van der Waals surface area contributed by atoms with E-state index in [4.69, 9.17) is 34.8 Å². The number of hydrogen-bond donors (Lipinski definition) is 1. The molecule has 0 radical (unpaired) electrons. The molecule has 1 aromatic carbocycles. The van der Waals surface area contributed by atoms with Gasteiger partial charge in [-0.25, -0.2) is 0 Å². The standard InChI is InChI=1S/C13H13Cl3N2O2/c1-6-11(19)17-13(2,3)12(20)18(6)10-5-8(15)7(14)4-9(10)16/h4-6H,1-3H3,(H,17,19). The number of hydrogen-bond acceptors (Lipinski definition) is 2. The Bertz CT molecular complexity index is 602. The molecule has 1 heterocycles. The van der Waals surface area contributed by atoms with E-state index >= 15 is 0 Å². The predicted molar refractivity (Wildman–Crippen MR) is 80.6 cm³/mol. The summed E-state index contributed by atoms with van der Waals surface area (Å²) in [4.78, 5) is 25.9. The van der Waals surface area contributed by atoms with Gasteiger partial charge in [-0.2, -0.15) is 0 Å². The van der Waals surface area contributed by atoms with Crippen LogP contribution in [0.3, 0.4) is 0 Å². The lowest BCUT2D eigenvalue weighted by atomic mass is 9.96. The Morgan fingerprint density at radius 1 is 1.10 bits per heavy atom. The van der Waals surface area contributed by atoms with Gasteiger partial charge in [-0.1, -0.05) is 34.8 Å². The largest absolute Gasteiger partial charge is 0.340 e. The first-order valence-electron chi connectivity index (χ1n) is 5.95. The molecule has 0 bridgehead atoms. The number of piperazine rings is 1. The minimum absolute atomic E-state index is 0.253. The topological polar surface area (TPSA) is 49.4 Å². The molecule has 7 heteroatoms. The molecular formula is C13H13Cl3N2O2. The van der Waals surface area contributed by atoms with Crippen molar-refractivity contribution in [2.75, 3.05) is 4.90 Å². The number of carbonyl (C=O) groups is 2. The third-order valence-electron chi connectivity index (χ3n) is 3.21. The molecule has 1 atom stereocenters. The van der Waals surface area contributed by atoms with Crippen molar-refractivity contribution in [3.8, 4) is 0 Å². The van der Waals surface area contributed by atoms with Crippen LogP contribution in [0.25, 0.3) is 0 Å². The third-order valence-corrected chi connectivity index (χ3v) is 4.23. The van der Waals surface area contributed by atoms with Crippen molar-refractivity contribution < 1.29 is 9.59 Å². The summed E-state index contributed by atoms with van der Waals surface area (Å²) in [5.41, 5.74) is -0.625. The van der Waals surface area contributed by atoms with Crippen LogP contribution in [0.15, 0.2) is 12.1 Å². The molecule has 1 saturated heterocycles. The summed E-state index contributed by atoms with van der Waals surface area (Å²) in [6, 6.07) is 2.28. The lowest BCUT2D eigenvalue weighted by Crippen LogP contribution is -2.67.